The molecule has 1 amide bonds. The highest BCUT2D eigenvalue weighted by Crippen LogP contribution is 2.08. The summed E-state index contributed by atoms with van der Waals surface area (Å²) in [6.07, 6.45) is 3.06. The van der Waals surface area contributed by atoms with Gasteiger partial charge in [-0.3, -0.25) is 4.79 Å². The Morgan fingerprint density at radius 1 is 1.58 bits per heavy atom. The van der Waals surface area contributed by atoms with E-state index in [9.17, 15) is 4.79 Å². The standard InChI is InChI=1S/C8H16N2O2/c9-7-3-1-2-4-10(5-7)8(12)6-11/h7,11H,1-6,9H2. The van der Waals surface area contributed by atoms with Crippen molar-refractivity contribution in [2.45, 2.75) is 25.3 Å². The number of carbonyl (C=O) groups is 1. The zero-order chi connectivity index (χ0) is 8.97. The minimum absolute atomic E-state index is 0.0861. The molecule has 1 heterocycles. The Morgan fingerprint density at radius 2 is 2.33 bits per heavy atom. The minimum Gasteiger partial charge on any atom is -0.387 e. The molecule has 1 rings (SSSR count). The Morgan fingerprint density at radius 3 is 3.00 bits per heavy atom. The van der Waals surface area contributed by atoms with Crippen LogP contribution in [0.25, 0.3) is 0 Å². The molecule has 0 bridgehead atoms. The summed E-state index contributed by atoms with van der Waals surface area (Å²) in [5.41, 5.74) is 5.74. The van der Waals surface area contributed by atoms with Crippen LogP contribution in [0.2, 0.25) is 0 Å². The van der Waals surface area contributed by atoms with Crippen LogP contribution in [0, 0.1) is 0 Å². The van der Waals surface area contributed by atoms with Crippen molar-refractivity contribution in [2.75, 3.05) is 19.7 Å². The molecule has 1 aliphatic rings. The maximum Gasteiger partial charge on any atom is 0.248 e. The van der Waals surface area contributed by atoms with E-state index >= 15 is 0 Å². The highest BCUT2D eigenvalue weighted by Gasteiger charge is 2.18. The van der Waals surface area contributed by atoms with Gasteiger partial charge in [0, 0.05) is 19.1 Å². The first-order valence-corrected chi connectivity index (χ1v) is 4.38. The molecule has 0 spiro atoms. The van der Waals surface area contributed by atoms with Crippen molar-refractivity contribution in [3.8, 4) is 0 Å². The first-order chi connectivity index (χ1) is 5.74. The third-order valence-corrected chi connectivity index (χ3v) is 2.20. The van der Waals surface area contributed by atoms with Crippen LogP contribution >= 0.6 is 0 Å². The number of aliphatic hydroxyl groups is 1. The van der Waals surface area contributed by atoms with Crippen molar-refractivity contribution in [1.82, 2.24) is 4.90 Å². The molecule has 0 aromatic carbocycles. The number of rotatable bonds is 1. The largest absolute Gasteiger partial charge is 0.387 e. The van der Waals surface area contributed by atoms with Gasteiger partial charge in [0.25, 0.3) is 0 Å². The first-order valence-electron chi connectivity index (χ1n) is 4.38. The second kappa shape index (κ2) is 4.42. The smallest absolute Gasteiger partial charge is 0.248 e. The van der Waals surface area contributed by atoms with E-state index in [2.05, 4.69) is 0 Å². The number of hydrogen-bond donors (Lipinski definition) is 2. The Bertz CT molecular complexity index is 161. The molecule has 0 aromatic rings. The highest BCUT2D eigenvalue weighted by atomic mass is 16.3. The molecule has 70 valence electrons. The van der Waals surface area contributed by atoms with Crippen molar-refractivity contribution in [3.63, 3.8) is 0 Å². The molecule has 0 aliphatic carbocycles. The lowest BCUT2D eigenvalue weighted by Crippen LogP contribution is -2.40. The van der Waals surface area contributed by atoms with Gasteiger partial charge in [0.1, 0.15) is 6.61 Å². The molecule has 3 N–H and O–H groups in total. The predicted octanol–water partition coefficient (Wildman–Crippen LogP) is -0.682. The van der Waals surface area contributed by atoms with E-state index in [4.69, 9.17) is 10.8 Å². The third-order valence-electron chi connectivity index (χ3n) is 2.20. The zero-order valence-electron chi connectivity index (χ0n) is 7.20. The zero-order valence-corrected chi connectivity index (χ0v) is 7.20. The van der Waals surface area contributed by atoms with Gasteiger partial charge in [-0.2, -0.15) is 0 Å². The molecule has 1 saturated heterocycles. The molecule has 1 aliphatic heterocycles. The summed E-state index contributed by atoms with van der Waals surface area (Å²) in [5.74, 6) is -0.202. The number of hydrogen-bond acceptors (Lipinski definition) is 3. The van der Waals surface area contributed by atoms with E-state index in [-0.39, 0.29) is 11.9 Å². The molecule has 4 nitrogen and oxygen atoms in total. The molecule has 1 atom stereocenters. The van der Waals surface area contributed by atoms with Crippen molar-refractivity contribution in [2.24, 2.45) is 5.73 Å². The van der Waals surface area contributed by atoms with Gasteiger partial charge < -0.3 is 15.7 Å². The van der Waals surface area contributed by atoms with Crippen molar-refractivity contribution >= 4 is 5.91 Å². The summed E-state index contributed by atoms with van der Waals surface area (Å²) < 4.78 is 0. The highest BCUT2D eigenvalue weighted by molar-refractivity contribution is 5.77. The molecular weight excluding hydrogens is 156 g/mol. The molecule has 4 heteroatoms. The lowest BCUT2D eigenvalue weighted by atomic mass is 10.2. The molecule has 1 unspecified atom stereocenters. The molecule has 0 saturated carbocycles. The maximum atomic E-state index is 11.1. The number of nitrogens with two attached hydrogens (primary N) is 1. The summed E-state index contributed by atoms with van der Waals surface area (Å²) in [6, 6.07) is 0.0861. The Labute approximate surface area is 72.3 Å². The van der Waals surface area contributed by atoms with E-state index in [1.807, 2.05) is 0 Å². The molecule has 0 aromatic heterocycles. The number of nitrogens with zero attached hydrogens (tertiary/aromatic N) is 1. The third kappa shape index (κ3) is 2.46. The fraction of sp³-hybridized carbons (Fsp3) is 0.875. The van der Waals surface area contributed by atoms with Gasteiger partial charge in [0.2, 0.25) is 5.91 Å². The predicted molar refractivity (Wildman–Crippen MR) is 45.5 cm³/mol. The van der Waals surface area contributed by atoms with Gasteiger partial charge in [-0.25, -0.2) is 0 Å². The van der Waals surface area contributed by atoms with Crippen LogP contribution in [0.15, 0.2) is 0 Å². The van der Waals surface area contributed by atoms with E-state index in [1.165, 1.54) is 0 Å². The van der Waals surface area contributed by atoms with Crippen molar-refractivity contribution in [1.29, 1.82) is 0 Å². The molecule has 0 radical (unpaired) electrons. The van der Waals surface area contributed by atoms with E-state index in [0.717, 1.165) is 25.8 Å². The van der Waals surface area contributed by atoms with Gasteiger partial charge in [0.05, 0.1) is 0 Å². The normalized spacial score (nSPS) is 25.2. The molecular formula is C8H16N2O2. The van der Waals surface area contributed by atoms with Crippen LogP contribution in [0.4, 0.5) is 0 Å². The summed E-state index contributed by atoms with van der Waals surface area (Å²) in [6.45, 7) is 0.944. The average molecular weight is 172 g/mol. The van der Waals surface area contributed by atoms with Gasteiger partial charge in [-0.05, 0) is 12.8 Å². The van der Waals surface area contributed by atoms with Crippen LogP contribution < -0.4 is 5.73 Å². The fourth-order valence-corrected chi connectivity index (χ4v) is 1.50. The summed E-state index contributed by atoms with van der Waals surface area (Å²) in [7, 11) is 0. The van der Waals surface area contributed by atoms with Crippen molar-refractivity contribution in [3.05, 3.63) is 0 Å². The van der Waals surface area contributed by atoms with Gasteiger partial charge in [-0.1, -0.05) is 6.42 Å². The Kier molecular flexibility index (Phi) is 3.49. The van der Waals surface area contributed by atoms with Gasteiger partial charge in [0.15, 0.2) is 0 Å². The van der Waals surface area contributed by atoms with Gasteiger partial charge >= 0.3 is 0 Å². The summed E-state index contributed by atoms with van der Waals surface area (Å²) >= 11 is 0. The Balaban J connectivity index is 2.46. The Hall–Kier alpha value is -0.610. The number of likely N-dealkylation sites (tertiary alicyclic amines) is 1. The second-order valence-electron chi connectivity index (χ2n) is 3.25. The quantitative estimate of drug-likeness (QED) is 0.550. The number of amides is 1. The summed E-state index contributed by atoms with van der Waals surface area (Å²) in [4.78, 5) is 12.7. The first kappa shape index (κ1) is 9.48. The lowest BCUT2D eigenvalue weighted by Gasteiger charge is -2.21. The summed E-state index contributed by atoms with van der Waals surface area (Å²) in [5, 5.41) is 8.63. The molecule has 1 fully saturated rings. The van der Waals surface area contributed by atoms with Crippen LogP contribution in [-0.4, -0.2) is 41.7 Å². The number of carbonyl (C=O) groups excluding carboxylic acids is 1. The monoisotopic (exact) mass is 172 g/mol. The van der Waals surface area contributed by atoms with E-state index in [1.54, 1.807) is 4.90 Å². The van der Waals surface area contributed by atoms with Crippen molar-refractivity contribution < 1.29 is 9.90 Å². The number of aliphatic hydroxyl groups excluding tert-OH is 1. The second-order valence-corrected chi connectivity index (χ2v) is 3.25. The van der Waals surface area contributed by atoms with Gasteiger partial charge in [-0.15, -0.1) is 0 Å². The SMILES string of the molecule is NC1CCCCN(C(=O)CO)C1. The maximum absolute atomic E-state index is 11.1. The fourth-order valence-electron chi connectivity index (χ4n) is 1.50. The van der Waals surface area contributed by atoms with Crippen LogP contribution in [0.5, 0.6) is 0 Å². The average Bonchev–Trinajstić information content (AvgIpc) is 2.28. The van der Waals surface area contributed by atoms with Crippen LogP contribution in [0.3, 0.4) is 0 Å². The lowest BCUT2D eigenvalue weighted by molar-refractivity contribution is -0.134. The van der Waals surface area contributed by atoms with E-state index < -0.39 is 6.61 Å². The van der Waals surface area contributed by atoms with Crippen LogP contribution in [-0.2, 0) is 4.79 Å². The minimum atomic E-state index is -0.396. The van der Waals surface area contributed by atoms with E-state index in [0.29, 0.717) is 6.54 Å². The topological polar surface area (TPSA) is 66.6 Å². The van der Waals surface area contributed by atoms with Crippen LogP contribution in [0.1, 0.15) is 19.3 Å². The molecule has 12 heavy (non-hydrogen) atoms.